The van der Waals surface area contributed by atoms with E-state index in [-0.39, 0.29) is 5.78 Å². The van der Waals surface area contributed by atoms with Gasteiger partial charge >= 0.3 is 0 Å². The molecule has 2 heteroatoms. The van der Waals surface area contributed by atoms with Gasteiger partial charge in [0.25, 0.3) is 0 Å². The summed E-state index contributed by atoms with van der Waals surface area (Å²) in [4.78, 5) is 13.8. The molecule has 0 aliphatic rings. The largest absolute Gasteiger partial charge is 0.304 e. The number of ketones is 1. The fraction of sp³-hybridized carbons (Fsp3) is 0.400. The Hall–Kier alpha value is -1.18. The van der Waals surface area contributed by atoms with Gasteiger partial charge in [-0.25, -0.2) is 0 Å². The maximum atomic E-state index is 10.6. The van der Waals surface area contributed by atoms with Gasteiger partial charge in [-0.15, -0.1) is 0 Å². The summed E-state index contributed by atoms with van der Waals surface area (Å²) in [5.41, 5.74) is 1.39. The molecule has 0 amide bonds. The molecule has 2 nitrogen and oxygen atoms in total. The Morgan fingerprint density at radius 2 is 1.75 bits per heavy atom. The van der Waals surface area contributed by atoms with Crippen LogP contribution in [0.3, 0.4) is 0 Å². The molecule has 68 valence electrons. The van der Waals surface area contributed by atoms with E-state index in [0.717, 1.165) is 12.0 Å². The molecule has 0 spiro atoms. The molecule has 0 aromatic rings. The molecule has 0 fully saturated rings. The predicted molar refractivity (Wildman–Crippen MR) is 54.7 cm³/mol. The number of hydrogen-bond acceptors (Lipinski definition) is 2. The molecule has 0 N–H and O–H groups in total. The molecule has 0 aromatic carbocycles. The highest BCUT2D eigenvalue weighted by Crippen LogP contribution is 2.08. The highest BCUT2D eigenvalue weighted by atomic mass is 16.1. The van der Waals surface area contributed by atoms with E-state index in [2.05, 4.69) is 24.9 Å². The molecule has 0 aromatic heterocycles. The molecular formula is C10H17NO. The first kappa shape index (κ1) is 13.4. The number of carbonyl (C=O) groups is 1. The lowest BCUT2D eigenvalue weighted by molar-refractivity contribution is -0.113. The summed E-state index contributed by atoms with van der Waals surface area (Å²) in [5, 5.41) is 0. The lowest BCUT2D eigenvalue weighted by Gasteiger charge is -1.99. The third kappa shape index (κ3) is 6.93. The Morgan fingerprint density at radius 3 is 1.83 bits per heavy atom. The van der Waals surface area contributed by atoms with Crippen molar-refractivity contribution in [3.63, 3.8) is 0 Å². The number of allylic oxidation sites excluding steroid dienone is 2. The minimum Gasteiger partial charge on any atom is -0.304 e. The minimum atomic E-state index is 0.0156. The topological polar surface area (TPSA) is 29.4 Å². The van der Waals surface area contributed by atoms with E-state index in [9.17, 15) is 4.79 Å². The van der Waals surface area contributed by atoms with Gasteiger partial charge in [0.1, 0.15) is 0 Å². The summed E-state index contributed by atoms with van der Waals surface area (Å²) >= 11 is 0. The van der Waals surface area contributed by atoms with Crippen LogP contribution in [0.15, 0.2) is 29.3 Å². The van der Waals surface area contributed by atoms with Crippen LogP contribution in [-0.4, -0.2) is 19.5 Å². The Balaban J connectivity index is 0. The van der Waals surface area contributed by atoms with Gasteiger partial charge in [0, 0.05) is 12.6 Å². The number of rotatable bonds is 3. The summed E-state index contributed by atoms with van der Waals surface area (Å²) in [5.74, 6) is 0.0156. The first-order valence-electron chi connectivity index (χ1n) is 3.74. The van der Waals surface area contributed by atoms with Crippen molar-refractivity contribution in [2.45, 2.75) is 20.3 Å². The monoisotopic (exact) mass is 167 g/mol. The zero-order chi connectivity index (χ0) is 10.1. The second-order valence-electron chi connectivity index (χ2n) is 2.31. The van der Waals surface area contributed by atoms with Gasteiger partial charge in [-0.05, 0) is 25.6 Å². The van der Waals surface area contributed by atoms with E-state index in [1.807, 2.05) is 6.92 Å². The second kappa shape index (κ2) is 7.92. The van der Waals surface area contributed by atoms with E-state index in [1.54, 1.807) is 7.05 Å². The maximum Gasteiger partial charge on any atom is 0.159 e. The van der Waals surface area contributed by atoms with Crippen molar-refractivity contribution in [2.24, 2.45) is 4.99 Å². The van der Waals surface area contributed by atoms with Crippen molar-refractivity contribution < 1.29 is 4.79 Å². The fourth-order valence-corrected chi connectivity index (χ4v) is 0.462. The fourth-order valence-electron chi connectivity index (χ4n) is 0.462. The van der Waals surface area contributed by atoms with Crippen molar-refractivity contribution >= 4 is 12.5 Å². The Kier molecular flexibility index (Phi) is 8.85. The van der Waals surface area contributed by atoms with Crippen LogP contribution in [-0.2, 0) is 4.79 Å². The van der Waals surface area contributed by atoms with Gasteiger partial charge in [-0.2, -0.15) is 0 Å². The highest BCUT2D eigenvalue weighted by molar-refractivity contribution is 5.96. The first-order valence-corrected chi connectivity index (χ1v) is 3.74. The summed E-state index contributed by atoms with van der Waals surface area (Å²) in [6.45, 7) is 13.8. The summed E-state index contributed by atoms with van der Waals surface area (Å²) in [7, 11) is 1.64. The van der Waals surface area contributed by atoms with Crippen LogP contribution in [0.25, 0.3) is 0 Å². The van der Waals surface area contributed by atoms with E-state index in [4.69, 9.17) is 0 Å². The van der Waals surface area contributed by atoms with Gasteiger partial charge in [0.05, 0.1) is 0 Å². The number of Topliss-reactive ketones (excluding diaryl/α,β-unsaturated/α-hetero) is 1. The van der Waals surface area contributed by atoms with Crippen molar-refractivity contribution in [2.75, 3.05) is 7.05 Å². The lowest BCUT2D eigenvalue weighted by Crippen LogP contribution is -1.96. The van der Waals surface area contributed by atoms with Gasteiger partial charge in [0.15, 0.2) is 5.78 Å². The molecule has 0 aliphatic heterocycles. The van der Waals surface area contributed by atoms with Gasteiger partial charge in [0.2, 0.25) is 0 Å². The number of aliphatic imine (C=N–C) groups is 1. The number of carbonyl (C=O) groups excluding carboxylic acids is 1. The van der Waals surface area contributed by atoms with E-state index >= 15 is 0 Å². The van der Waals surface area contributed by atoms with Crippen molar-refractivity contribution in [1.29, 1.82) is 0 Å². The Labute approximate surface area is 74.7 Å². The molecule has 12 heavy (non-hydrogen) atoms. The van der Waals surface area contributed by atoms with Gasteiger partial charge in [-0.1, -0.05) is 20.1 Å². The average molecular weight is 167 g/mol. The minimum absolute atomic E-state index is 0.0156. The van der Waals surface area contributed by atoms with Crippen molar-refractivity contribution in [3.8, 4) is 0 Å². The van der Waals surface area contributed by atoms with Crippen LogP contribution in [0.1, 0.15) is 20.3 Å². The lowest BCUT2D eigenvalue weighted by atomic mass is 10.0. The molecule has 0 rings (SSSR count). The Morgan fingerprint density at radius 1 is 1.42 bits per heavy atom. The van der Waals surface area contributed by atoms with E-state index < -0.39 is 0 Å². The molecule has 0 radical (unpaired) electrons. The highest BCUT2D eigenvalue weighted by Gasteiger charge is 2.01. The standard InChI is InChI=1S/C8H12O.C2H5N/c1-5-6(2)7(3)8(4)9;1-3-2/h2-3,5H2,1,4H3;1H2,2H3. The van der Waals surface area contributed by atoms with Crippen LogP contribution in [0.4, 0.5) is 0 Å². The molecular weight excluding hydrogens is 150 g/mol. The zero-order valence-electron chi connectivity index (χ0n) is 8.18. The molecule has 0 atom stereocenters. The van der Waals surface area contributed by atoms with E-state index in [0.29, 0.717) is 5.57 Å². The maximum absolute atomic E-state index is 10.6. The van der Waals surface area contributed by atoms with Crippen molar-refractivity contribution in [1.82, 2.24) is 0 Å². The molecule has 0 saturated carbocycles. The normalized spacial score (nSPS) is 7.58. The molecule has 0 bridgehead atoms. The number of nitrogens with zero attached hydrogens (tertiary/aromatic N) is 1. The Bertz CT molecular complexity index is 192. The van der Waals surface area contributed by atoms with Crippen LogP contribution in [0.2, 0.25) is 0 Å². The predicted octanol–water partition coefficient (Wildman–Crippen LogP) is 2.41. The van der Waals surface area contributed by atoms with E-state index in [1.165, 1.54) is 6.92 Å². The summed E-state index contributed by atoms with van der Waals surface area (Å²) in [6, 6.07) is 0. The van der Waals surface area contributed by atoms with Crippen LogP contribution < -0.4 is 0 Å². The SMILES string of the molecule is C=C(CC)C(=C)C(C)=O.C=NC. The third-order valence-electron chi connectivity index (χ3n) is 1.28. The van der Waals surface area contributed by atoms with Crippen LogP contribution >= 0.6 is 0 Å². The summed E-state index contributed by atoms with van der Waals surface area (Å²) in [6.07, 6.45) is 0.804. The van der Waals surface area contributed by atoms with Crippen LogP contribution in [0.5, 0.6) is 0 Å². The molecule has 0 heterocycles. The molecule has 0 unspecified atom stereocenters. The zero-order valence-corrected chi connectivity index (χ0v) is 8.18. The molecule has 0 saturated heterocycles. The smallest absolute Gasteiger partial charge is 0.159 e. The quantitative estimate of drug-likeness (QED) is 0.360. The average Bonchev–Trinajstić information content (AvgIpc) is 2.03. The van der Waals surface area contributed by atoms with Gasteiger partial charge in [-0.3, -0.25) is 4.79 Å². The first-order chi connectivity index (χ1) is 5.51. The second-order valence-corrected chi connectivity index (χ2v) is 2.31. The third-order valence-corrected chi connectivity index (χ3v) is 1.28. The molecule has 0 aliphatic carbocycles. The van der Waals surface area contributed by atoms with Crippen molar-refractivity contribution in [3.05, 3.63) is 24.3 Å². The van der Waals surface area contributed by atoms with Crippen LogP contribution in [0, 0.1) is 0 Å². The number of hydrogen-bond donors (Lipinski definition) is 0. The summed E-state index contributed by atoms with van der Waals surface area (Å²) < 4.78 is 0. The van der Waals surface area contributed by atoms with Gasteiger partial charge < -0.3 is 4.99 Å².